The van der Waals surface area contributed by atoms with Crippen LogP contribution < -0.4 is 4.90 Å². The number of para-hydroxylation sites is 1. The largest absolute Gasteiger partial charge is 0.467 e. The van der Waals surface area contributed by atoms with Crippen LogP contribution >= 0.6 is 11.3 Å². The first-order chi connectivity index (χ1) is 13.5. The van der Waals surface area contributed by atoms with Gasteiger partial charge < -0.3 is 4.42 Å². The molecule has 0 radical (unpaired) electrons. The number of furan rings is 1. The maximum atomic E-state index is 13.3. The molecule has 0 fully saturated rings. The Bertz CT molecular complexity index is 1100. The van der Waals surface area contributed by atoms with E-state index in [4.69, 9.17) is 9.40 Å². The lowest BCUT2D eigenvalue weighted by molar-refractivity contribution is 0.0983. The molecule has 4 rings (SSSR count). The van der Waals surface area contributed by atoms with Crippen molar-refractivity contribution in [2.75, 3.05) is 4.90 Å². The summed E-state index contributed by atoms with van der Waals surface area (Å²) in [7, 11) is 0. The Morgan fingerprint density at radius 3 is 2.57 bits per heavy atom. The zero-order chi connectivity index (χ0) is 19.7. The van der Waals surface area contributed by atoms with E-state index in [1.165, 1.54) is 16.9 Å². The van der Waals surface area contributed by atoms with Gasteiger partial charge in [0.05, 0.1) is 23.0 Å². The molecule has 1 amide bonds. The molecule has 2 heterocycles. The number of aryl methyl sites for hydroxylation is 1. The van der Waals surface area contributed by atoms with Gasteiger partial charge in [-0.2, -0.15) is 0 Å². The molecule has 2 aromatic heterocycles. The number of anilines is 1. The zero-order valence-corrected chi connectivity index (χ0v) is 17.0. The highest BCUT2D eigenvalue weighted by atomic mass is 32.1. The van der Waals surface area contributed by atoms with Gasteiger partial charge in [-0.05, 0) is 48.7 Å². The van der Waals surface area contributed by atoms with Gasteiger partial charge >= 0.3 is 0 Å². The van der Waals surface area contributed by atoms with Gasteiger partial charge in [0.25, 0.3) is 5.91 Å². The van der Waals surface area contributed by atoms with Gasteiger partial charge in [-0.15, -0.1) is 0 Å². The number of carbonyl (C=O) groups excluding carboxylic acids is 1. The third-order valence-electron chi connectivity index (χ3n) is 4.73. The molecule has 2 aromatic carbocycles. The number of thiazole rings is 1. The van der Waals surface area contributed by atoms with Crippen molar-refractivity contribution in [3.63, 3.8) is 0 Å². The highest BCUT2D eigenvalue weighted by Crippen LogP contribution is 2.34. The minimum absolute atomic E-state index is 0.0819. The lowest BCUT2D eigenvalue weighted by Gasteiger charge is -2.19. The number of nitrogens with zero attached hydrogens (tertiary/aromatic N) is 2. The fraction of sp³-hybridized carbons (Fsp3) is 0.217. The summed E-state index contributed by atoms with van der Waals surface area (Å²) < 4.78 is 6.60. The molecular weight excluding hydrogens is 368 g/mol. The summed E-state index contributed by atoms with van der Waals surface area (Å²) in [5.74, 6) is 1.01. The molecule has 0 bridgehead atoms. The first-order valence-corrected chi connectivity index (χ1v) is 10.1. The molecule has 0 N–H and O–H groups in total. The quantitative estimate of drug-likeness (QED) is 0.409. The molecule has 4 aromatic rings. The fourth-order valence-corrected chi connectivity index (χ4v) is 4.17. The van der Waals surface area contributed by atoms with Crippen molar-refractivity contribution in [3.8, 4) is 0 Å². The number of fused-ring (bicyclic) bond motifs is 1. The Kier molecular flexibility index (Phi) is 5.01. The smallest absolute Gasteiger partial charge is 0.260 e. The number of benzene rings is 2. The van der Waals surface area contributed by atoms with Gasteiger partial charge in [-0.25, -0.2) is 4.98 Å². The molecule has 0 unspecified atom stereocenters. The van der Waals surface area contributed by atoms with E-state index in [0.29, 0.717) is 23.2 Å². The second-order valence-corrected chi connectivity index (χ2v) is 8.19. The van der Waals surface area contributed by atoms with E-state index in [1.54, 1.807) is 11.2 Å². The van der Waals surface area contributed by atoms with Crippen molar-refractivity contribution < 1.29 is 9.21 Å². The van der Waals surface area contributed by atoms with Gasteiger partial charge in [0.1, 0.15) is 5.76 Å². The van der Waals surface area contributed by atoms with Crippen molar-refractivity contribution in [2.24, 2.45) is 0 Å². The molecule has 0 saturated heterocycles. The molecule has 0 aliphatic rings. The van der Waals surface area contributed by atoms with Gasteiger partial charge in [0.15, 0.2) is 5.13 Å². The summed E-state index contributed by atoms with van der Waals surface area (Å²) in [4.78, 5) is 19.9. The monoisotopic (exact) mass is 390 g/mol. The Balaban J connectivity index is 1.79. The molecule has 5 heteroatoms. The maximum absolute atomic E-state index is 13.3. The average molecular weight is 391 g/mol. The summed E-state index contributed by atoms with van der Waals surface area (Å²) in [5, 5.41) is 0.685. The van der Waals surface area contributed by atoms with E-state index < -0.39 is 0 Å². The van der Waals surface area contributed by atoms with E-state index in [9.17, 15) is 4.79 Å². The van der Waals surface area contributed by atoms with Crippen LogP contribution in [0.4, 0.5) is 5.13 Å². The highest BCUT2D eigenvalue weighted by Gasteiger charge is 2.23. The van der Waals surface area contributed by atoms with Crippen LogP contribution in [0.25, 0.3) is 10.2 Å². The van der Waals surface area contributed by atoms with Gasteiger partial charge in [0.2, 0.25) is 0 Å². The van der Waals surface area contributed by atoms with Crippen LogP contribution in [0.5, 0.6) is 0 Å². The summed E-state index contributed by atoms with van der Waals surface area (Å²) >= 11 is 1.54. The third kappa shape index (κ3) is 3.58. The van der Waals surface area contributed by atoms with Crippen molar-refractivity contribution in [2.45, 2.75) is 33.2 Å². The summed E-state index contributed by atoms with van der Waals surface area (Å²) in [6, 6.07) is 17.6. The number of aromatic nitrogens is 1. The number of rotatable bonds is 5. The van der Waals surface area contributed by atoms with E-state index in [-0.39, 0.29) is 5.91 Å². The van der Waals surface area contributed by atoms with Crippen LogP contribution in [0.3, 0.4) is 0 Å². The lowest BCUT2D eigenvalue weighted by Crippen LogP contribution is -2.30. The minimum Gasteiger partial charge on any atom is -0.467 e. The topological polar surface area (TPSA) is 46.3 Å². The summed E-state index contributed by atoms with van der Waals surface area (Å²) in [6.45, 7) is 6.67. The molecule has 0 atom stereocenters. The number of carbonyl (C=O) groups is 1. The fourth-order valence-electron chi connectivity index (χ4n) is 3.18. The van der Waals surface area contributed by atoms with E-state index >= 15 is 0 Å². The number of hydrogen-bond donors (Lipinski definition) is 0. The molecular formula is C23H22N2O2S. The molecule has 142 valence electrons. The van der Waals surface area contributed by atoms with Crippen molar-refractivity contribution in [3.05, 3.63) is 83.3 Å². The number of hydrogen-bond acceptors (Lipinski definition) is 4. The van der Waals surface area contributed by atoms with Gasteiger partial charge in [-0.1, -0.05) is 55.0 Å². The molecule has 0 spiro atoms. The molecule has 0 aliphatic carbocycles. The average Bonchev–Trinajstić information content (AvgIpc) is 3.35. The van der Waals surface area contributed by atoms with Crippen molar-refractivity contribution >= 4 is 32.6 Å². The van der Waals surface area contributed by atoms with Crippen LogP contribution in [-0.4, -0.2) is 10.9 Å². The molecule has 0 aliphatic heterocycles. The number of amides is 1. The van der Waals surface area contributed by atoms with Crippen LogP contribution in [0.1, 0.15) is 47.0 Å². The minimum atomic E-state index is -0.0819. The van der Waals surface area contributed by atoms with Gasteiger partial charge in [-0.3, -0.25) is 9.69 Å². The zero-order valence-electron chi connectivity index (χ0n) is 16.2. The predicted molar refractivity (Wildman–Crippen MR) is 114 cm³/mol. The second-order valence-electron chi connectivity index (χ2n) is 7.18. The van der Waals surface area contributed by atoms with Crippen LogP contribution in [0.15, 0.2) is 65.3 Å². The Labute approximate surface area is 168 Å². The Hall–Kier alpha value is -2.92. The SMILES string of the molecule is Cc1ccc(C(=O)N(Cc2ccco2)c2nc3c(C(C)C)cccc3s2)cc1. The van der Waals surface area contributed by atoms with Crippen LogP contribution in [0, 0.1) is 6.92 Å². The molecule has 4 nitrogen and oxygen atoms in total. The lowest BCUT2D eigenvalue weighted by atomic mass is 10.0. The summed E-state index contributed by atoms with van der Waals surface area (Å²) in [5.41, 5.74) is 3.93. The second kappa shape index (κ2) is 7.60. The normalized spacial score (nSPS) is 11.3. The maximum Gasteiger partial charge on any atom is 0.260 e. The molecule has 0 saturated carbocycles. The van der Waals surface area contributed by atoms with Crippen molar-refractivity contribution in [1.82, 2.24) is 4.98 Å². The Morgan fingerprint density at radius 1 is 1.11 bits per heavy atom. The first-order valence-electron chi connectivity index (χ1n) is 9.33. The molecule has 28 heavy (non-hydrogen) atoms. The van der Waals surface area contributed by atoms with Gasteiger partial charge in [0, 0.05) is 5.56 Å². The Morgan fingerprint density at radius 2 is 1.89 bits per heavy atom. The van der Waals surface area contributed by atoms with E-state index in [2.05, 4.69) is 32.0 Å². The van der Waals surface area contributed by atoms with E-state index in [1.807, 2.05) is 43.3 Å². The standard InChI is InChI=1S/C23H22N2O2S/c1-15(2)19-7-4-8-20-21(19)24-23(28-20)25(14-18-6-5-13-27-18)22(26)17-11-9-16(3)10-12-17/h4-13,15H,14H2,1-3H3. The van der Waals surface area contributed by atoms with Crippen LogP contribution in [-0.2, 0) is 6.54 Å². The van der Waals surface area contributed by atoms with Crippen molar-refractivity contribution in [1.29, 1.82) is 0 Å². The predicted octanol–water partition coefficient (Wildman–Crippen LogP) is 6.17. The van der Waals surface area contributed by atoms with E-state index in [0.717, 1.165) is 21.5 Å². The third-order valence-corrected chi connectivity index (χ3v) is 5.77. The van der Waals surface area contributed by atoms with Crippen LogP contribution in [0.2, 0.25) is 0 Å². The summed E-state index contributed by atoms with van der Waals surface area (Å²) in [6.07, 6.45) is 1.62. The highest BCUT2D eigenvalue weighted by molar-refractivity contribution is 7.22. The first kappa shape index (κ1) is 18.4.